The summed E-state index contributed by atoms with van der Waals surface area (Å²) < 4.78 is 9.08. The fourth-order valence-corrected chi connectivity index (χ4v) is 1.34. The first-order chi connectivity index (χ1) is 6.37. The van der Waals surface area contributed by atoms with E-state index in [0.29, 0.717) is 5.82 Å². The molecule has 14 heavy (non-hydrogen) atoms. The molecule has 0 aliphatic carbocycles. The number of rotatable bonds is 1. The summed E-state index contributed by atoms with van der Waals surface area (Å²) >= 11 is 1.34. The van der Waals surface area contributed by atoms with Crippen LogP contribution in [0.1, 0.15) is 25.6 Å². The topological polar surface area (TPSA) is 51.2 Å². The van der Waals surface area contributed by atoms with Gasteiger partial charge in [0, 0.05) is 4.88 Å². The highest BCUT2D eigenvalue weighted by Gasteiger charge is 2.16. The van der Waals surface area contributed by atoms with E-state index < -0.39 is 11.7 Å². The van der Waals surface area contributed by atoms with Crippen LogP contribution in [0.15, 0.2) is 6.07 Å². The summed E-state index contributed by atoms with van der Waals surface area (Å²) in [5, 5.41) is 2.56. The van der Waals surface area contributed by atoms with E-state index in [-0.39, 0.29) is 0 Å². The van der Waals surface area contributed by atoms with Crippen molar-refractivity contribution < 1.29 is 9.53 Å². The molecule has 0 spiro atoms. The Morgan fingerprint density at radius 2 is 2.21 bits per heavy atom. The average Bonchev–Trinajstić information content (AvgIpc) is 2.30. The standard InChI is InChI=1S/C9H14N2O2S/c1-6-5-7(11-14-6)10-8(12)13-9(2,3)4/h5H,1-4H3,(H,10,11,12). The molecule has 0 atom stereocenters. The van der Waals surface area contributed by atoms with Crippen LogP contribution in [0.3, 0.4) is 0 Å². The van der Waals surface area contributed by atoms with Crippen molar-refractivity contribution in [2.24, 2.45) is 0 Å². The molecule has 78 valence electrons. The highest BCUT2D eigenvalue weighted by Crippen LogP contribution is 2.14. The zero-order valence-electron chi connectivity index (χ0n) is 8.75. The lowest BCUT2D eigenvalue weighted by Gasteiger charge is -2.18. The highest BCUT2D eigenvalue weighted by atomic mass is 32.1. The van der Waals surface area contributed by atoms with Crippen molar-refractivity contribution in [2.45, 2.75) is 33.3 Å². The first kappa shape index (κ1) is 11.0. The van der Waals surface area contributed by atoms with Crippen molar-refractivity contribution in [2.75, 3.05) is 5.32 Å². The Balaban J connectivity index is 2.50. The summed E-state index contributed by atoms with van der Waals surface area (Å²) in [7, 11) is 0. The number of anilines is 1. The van der Waals surface area contributed by atoms with Crippen LogP contribution in [0.25, 0.3) is 0 Å². The van der Waals surface area contributed by atoms with E-state index in [1.165, 1.54) is 11.5 Å². The van der Waals surface area contributed by atoms with Crippen LogP contribution in [0.2, 0.25) is 0 Å². The summed E-state index contributed by atoms with van der Waals surface area (Å²) in [6, 6.07) is 1.80. The normalized spacial score (nSPS) is 11.1. The van der Waals surface area contributed by atoms with Gasteiger partial charge in [-0.1, -0.05) is 0 Å². The molecule has 0 aliphatic rings. The lowest BCUT2D eigenvalue weighted by atomic mass is 10.2. The fraction of sp³-hybridized carbons (Fsp3) is 0.556. The van der Waals surface area contributed by atoms with Crippen molar-refractivity contribution in [3.05, 3.63) is 10.9 Å². The molecule has 0 aromatic carbocycles. The molecule has 4 nitrogen and oxygen atoms in total. The van der Waals surface area contributed by atoms with Crippen LogP contribution < -0.4 is 5.32 Å². The van der Waals surface area contributed by atoms with E-state index in [0.717, 1.165) is 4.88 Å². The molecule has 0 saturated heterocycles. The molecule has 0 saturated carbocycles. The van der Waals surface area contributed by atoms with E-state index in [1.54, 1.807) is 6.07 Å². The highest BCUT2D eigenvalue weighted by molar-refractivity contribution is 7.06. The van der Waals surface area contributed by atoms with Gasteiger partial charge in [0.25, 0.3) is 0 Å². The van der Waals surface area contributed by atoms with Gasteiger partial charge in [-0.05, 0) is 45.3 Å². The average molecular weight is 214 g/mol. The van der Waals surface area contributed by atoms with Crippen molar-refractivity contribution in [3.8, 4) is 0 Å². The van der Waals surface area contributed by atoms with E-state index >= 15 is 0 Å². The van der Waals surface area contributed by atoms with Gasteiger partial charge in [0.1, 0.15) is 11.4 Å². The Hall–Kier alpha value is -1.10. The molecular formula is C9H14N2O2S. The number of carbonyl (C=O) groups excluding carboxylic acids is 1. The van der Waals surface area contributed by atoms with Gasteiger partial charge in [0.2, 0.25) is 0 Å². The lowest BCUT2D eigenvalue weighted by Crippen LogP contribution is -2.27. The molecule has 1 rings (SSSR count). The van der Waals surface area contributed by atoms with Gasteiger partial charge in [-0.3, -0.25) is 5.32 Å². The minimum atomic E-state index is -0.477. The third-order valence-electron chi connectivity index (χ3n) is 1.26. The minimum Gasteiger partial charge on any atom is -0.444 e. The van der Waals surface area contributed by atoms with Gasteiger partial charge in [-0.15, -0.1) is 0 Å². The van der Waals surface area contributed by atoms with E-state index in [9.17, 15) is 4.79 Å². The summed E-state index contributed by atoms with van der Waals surface area (Å²) in [6.45, 7) is 7.38. The molecule has 0 bridgehead atoms. The first-order valence-corrected chi connectivity index (χ1v) is 5.07. The van der Waals surface area contributed by atoms with Gasteiger partial charge in [0.05, 0.1) is 0 Å². The zero-order valence-corrected chi connectivity index (χ0v) is 9.57. The van der Waals surface area contributed by atoms with Crippen molar-refractivity contribution in [1.82, 2.24) is 4.37 Å². The number of hydrogen-bond acceptors (Lipinski definition) is 4. The second-order valence-electron chi connectivity index (χ2n) is 3.95. The van der Waals surface area contributed by atoms with E-state index in [1.807, 2.05) is 27.7 Å². The Kier molecular flexibility index (Phi) is 3.10. The summed E-state index contributed by atoms with van der Waals surface area (Å²) in [4.78, 5) is 12.3. The first-order valence-electron chi connectivity index (χ1n) is 4.30. The van der Waals surface area contributed by atoms with Crippen LogP contribution in [0.5, 0.6) is 0 Å². The number of ether oxygens (including phenoxy) is 1. The van der Waals surface area contributed by atoms with Gasteiger partial charge in [-0.2, -0.15) is 4.37 Å². The predicted molar refractivity (Wildman–Crippen MR) is 56.7 cm³/mol. The van der Waals surface area contributed by atoms with Crippen LogP contribution in [0, 0.1) is 6.92 Å². The Labute approximate surface area is 87.4 Å². The van der Waals surface area contributed by atoms with Crippen LogP contribution >= 0.6 is 11.5 Å². The largest absolute Gasteiger partial charge is 0.444 e. The minimum absolute atomic E-state index is 0.470. The Morgan fingerprint density at radius 1 is 1.57 bits per heavy atom. The number of amides is 1. The monoisotopic (exact) mass is 214 g/mol. The maximum absolute atomic E-state index is 11.3. The van der Waals surface area contributed by atoms with Crippen molar-refractivity contribution >= 4 is 23.4 Å². The van der Waals surface area contributed by atoms with Crippen LogP contribution in [0.4, 0.5) is 10.6 Å². The molecule has 1 amide bonds. The van der Waals surface area contributed by atoms with Crippen LogP contribution in [-0.2, 0) is 4.74 Å². The number of aromatic nitrogens is 1. The van der Waals surface area contributed by atoms with Crippen molar-refractivity contribution in [1.29, 1.82) is 0 Å². The number of aryl methyl sites for hydroxylation is 1. The smallest absolute Gasteiger partial charge is 0.413 e. The molecule has 0 unspecified atom stereocenters. The molecule has 1 heterocycles. The molecule has 1 aromatic rings. The van der Waals surface area contributed by atoms with Crippen LogP contribution in [-0.4, -0.2) is 16.1 Å². The number of nitrogens with zero attached hydrogens (tertiary/aromatic N) is 1. The summed E-state index contributed by atoms with van der Waals surface area (Å²) in [5.74, 6) is 0.543. The van der Waals surface area contributed by atoms with Crippen molar-refractivity contribution in [3.63, 3.8) is 0 Å². The van der Waals surface area contributed by atoms with Gasteiger partial charge in [0.15, 0.2) is 0 Å². The molecule has 0 radical (unpaired) electrons. The number of nitrogens with one attached hydrogen (secondary N) is 1. The SMILES string of the molecule is Cc1cc(NC(=O)OC(C)(C)C)ns1. The third-order valence-corrected chi connectivity index (χ3v) is 1.95. The molecule has 0 aliphatic heterocycles. The quantitative estimate of drug-likeness (QED) is 0.782. The second kappa shape index (κ2) is 3.96. The molecular weight excluding hydrogens is 200 g/mol. The summed E-state index contributed by atoms with van der Waals surface area (Å²) in [5.41, 5.74) is -0.477. The Morgan fingerprint density at radius 3 is 2.64 bits per heavy atom. The predicted octanol–water partition coefficient (Wildman–Crippen LogP) is 2.80. The Bertz CT molecular complexity index is 328. The second-order valence-corrected chi connectivity index (χ2v) is 4.96. The van der Waals surface area contributed by atoms with E-state index in [2.05, 4.69) is 9.69 Å². The molecule has 0 fully saturated rings. The van der Waals surface area contributed by atoms with Gasteiger partial charge < -0.3 is 4.74 Å². The summed E-state index contributed by atoms with van der Waals surface area (Å²) in [6.07, 6.45) is -0.470. The van der Waals surface area contributed by atoms with Gasteiger partial charge >= 0.3 is 6.09 Å². The maximum atomic E-state index is 11.3. The van der Waals surface area contributed by atoms with E-state index in [4.69, 9.17) is 4.74 Å². The lowest BCUT2D eigenvalue weighted by molar-refractivity contribution is 0.0635. The van der Waals surface area contributed by atoms with Gasteiger partial charge in [-0.25, -0.2) is 4.79 Å². The number of carbonyl (C=O) groups is 1. The number of hydrogen-bond donors (Lipinski definition) is 1. The zero-order chi connectivity index (χ0) is 10.8. The molecule has 1 N–H and O–H groups in total. The molecule has 1 aromatic heterocycles. The fourth-order valence-electron chi connectivity index (χ4n) is 0.833. The molecule has 5 heteroatoms. The third kappa shape index (κ3) is 3.74. The maximum Gasteiger partial charge on any atom is 0.413 e.